The Bertz CT molecular complexity index is 470. The maximum absolute atomic E-state index is 12.8. The summed E-state index contributed by atoms with van der Waals surface area (Å²) >= 11 is 0. The van der Waals surface area contributed by atoms with Crippen LogP contribution in [-0.2, 0) is 0 Å². The molecule has 2 rings (SSSR count). The van der Waals surface area contributed by atoms with Gasteiger partial charge in [-0.1, -0.05) is 12.5 Å². The fourth-order valence-corrected chi connectivity index (χ4v) is 3.06. The van der Waals surface area contributed by atoms with E-state index in [-0.39, 0.29) is 30.4 Å². The van der Waals surface area contributed by atoms with Crippen LogP contribution in [-0.4, -0.2) is 22.4 Å². The average Bonchev–Trinajstić information content (AvgIpc) is 2.37. The van der Waals surface area contributed by atoms with E-state index in [1.807, 2.05) is 0 Å². The minimum atomic E-state index is -4.15. The number of halogens is 3. The molecule has 0 aliphatic heterocycles. The lowest BCUT2D eigenvalue weighted by molar-refractivity contribution is -0.183. The number of hydrogen-bond donors (Lipinski definition) is 3. The van der Waals surface area contributed by atoms with Crippen LogP contribution >= 0.6 is 0 Å². The number of alkyl halides is 3. The second-order valence-electron chi connectivity index (χ2n) is 5.70. The van der Waals surface area contributed by atoms with Crippen molar-refractivity contribution in [2.75, 3.05) is 0 Å². The normalized spacial score (nSPS) is 24.8. The van der Waals surface area contributed by atoms with Crippen molar-refractivity contribution >= 4 is 0 Å². The third kappa shape index (κ3) is 3.81. The van der Waals surface area contributed by atoms with E-state index in [4.69, 9.17) is 0 Å². The molecule has 0 amide bonds. The van der Waals surface area contributed by atoms with Crippen LogP contribution in [0.3, 0.4) is 0 Å². The molecule has 0 aromatic heterocycles. The summed E-state index contributed by atoms with van der Waals surface area (Å²) in [5.74, 6) is -1.38. The standard InChI is InChI=1S/C15H20F3NO2/c1-9(14-12(20)6-3-7-13(14)21)19-11-5-2-4-10(8-11)15(16,17)18/h3,6-7,9-11,19-21H,2,4-5,8H2,1H3. The molecule has 1 aromatic rings. The van der Waals surface area contributed by atoms with Crippen LogP contribution in [0.1, 0.15) is 44.2 Å². The van der Waals surface area contributed by atoms with Crippen molar-refractivity contribution in [3.8, 4) is 11.5 Å². The van der Waals surface area contributed by atoms with Crippen LogP contribution in [0.15, 0.2) is 18.2 Å². The molecule has 118 valence electrons. The maximum atomic E-state index is 12.8. The Morgan fingerprint density at radius 1 is 1.19 bits per heavy atom. The zero-order valence-corrected chi connectivity index (χ0v) is 11.8. The van der Waals surface area contributed by atoms with Crippen LogP contribution in [0, 0.1) is 5.92 Å². The molecule has 0 spiro atoms. The Labute approximate surface area is 121 Å². The Morgan fingerprint density at radius 2 is 1.81 bits per heavy atom. The largest absolute Gasteiger partial charge is 0.507 e. The zero-order valence-electron chi connectivity index (χ0n) is 11.8. The molecule has 6 heteroatoms. The minimum absolute atomic E-state index is 0.0438. The molecule has 3 N–H and O–H groups in total. The summed E-state index contributed by atoms with van der Waals surface area (Å²) in [5.41, 5.74) is 0.326. The molecule has 1 aliphatic rings. The van der Waals surface area contributed by atoms with E-state index >= 15 is 0 Å². The van der Waals surface area contributed by atoms with Gasteiger partial charge in [-0.25, -0.2) is 0 Å². The van der Waals surface area contributed by atoms with Gasteiger partial charge in [-0.3, -0.25) is 0 Å². The zero-order chi connectivity index (χ0) is 15.6. The predicted molar refractivity (Wildman–Crippen MR) is 73.1 cm³/mol. The van der Waals surface area contributed by atoms with Crippen LogP contribution in [0.25, 0.3) is 0 Å². The van der Waals surface area contributed by atoms with E-state index in [1.54, 1.807) is 6.92 Å². The lowest BCUT2D eigenvalue weighted by atomic mass is 9.84. The van der Waals surface area contributed by atoms with E-state index in [0.717, 1.165) is 0 Å². The molecule has 1 saturated carbocycles. The Morgan fingerprint density at radius 3 is 2.38 bits per heavy atom. The maximum Gasteiger partial charge on any atom is 0.391 e. The quantitative estimate of drug-likeness (QED) is 0.794. The molecule has 3 atom stereocenters. The smallest absolute Gasteiger partial charge is 0.391 e. The highest BCUT2D eigenvalue weighted by atomic mass is 19.4. The summed E-state index contributed by atoms with van der Waals surface area (Å²) in [6.07, 6.45) is -2.73. The highest BCUT2D eigenvalue weighted by Crippen LogP contribution is 2.39. The second-order valence-corrected chi connectivity index (χ2v) is 5.70. The number of nitrogens with one attached hydrogen (secondary N) is 1. The number of benzene rings is 1. The van der Waals surface area contributed by atoms with Crippen molar-refractivity contribution in [3.05, 3.63) is 23.8 Å². The van der Waals surface area contributed by atoms with E-state index in [2.05, 4.69) is 5.32 Å². The topological polar surface area (TPSA) is 52.5 Å². The lowest BCUT2D eigenvalue weighted by Crippen LogP contribution is -2.39. The van der Waals surface area contributed by atoms with Gasteiger partial charge in [0.05, 0.1) is 11.5 Å². The minimum Gasteiger partial charge on any atom is -0.507 e. The predicted octanol–water partition coefficient (Wildman–Crippen LogP) is 3.87. The number of hydrogen-bond acceptors (Lipinski definition) is 3. The van der Waals surface area contributed by atoms with E-state index in [0.29, 0.717) is 18.4 Å². The van der Waals surface area contributed by atoms with E-state index in [9.17, 15) is 23.4 Å². The number of aromatic hydroxyl groups is 2. The molecular weight excluding hydrogens is 283 g/mol. The van der Waals surface area contributed by atoms with Crippen molar-refractivity contribution in [3.63, 3.8) is 0 Å². The van der Waals surface area contributed by atoms with Gasteiger partial charge in [-0.2, -0.15) is 13.2 Å². The number of rotatable bonds is 3. The van der Waals surface area contributed by atoms with Gasteiger partial charge in [0.2, 0.25) is 0 Å². The monoisotopic (exact) mass is 303 g/mol. The summed E-state index contributed by atoms with van der Waals surface area (Å²) in [4.78, 5) is 0. The Balaban J connectivity index is 2.04. The van der Waals surface area contributed by atoms with Crippen molar-refractivity contribution in [2.45, 2.75) is 50.9 Å². The third-order valence-electron chi connectivity index (χ3n) is 4.12. The molecule has 0 heterocycles. The Hall–Kier alpha value is -1.43. The van der Waals surface area contributed by atoms with Gasteiger partial charge < -0.3 is 15.5 Å². The fraction of sp³-hybridized carbons (Fsp3) is 0.600. The SMILES string of the molecule is CC(NC1CCCC(C(F)(F)F)C1)c1c(O)cccc1O. The summed E-state index contributed by atoms with van der Waals surface area (Å²) in [5, 5.41) is 22.7. The first-order valence-corrected chi connectivity index (χ1v) is 7.12. The molecular formula is C15H20F3NO2. The highest BCUT2D eigenvalue weighted by molar-refractivity contribution is 5.44. The van der Waals surface area contributed by atoms with Gasteiger partial charge in [0.15, 0.2) is 0 Å². The van der Waals surface area contributed by atoms with Crippen molar-refractivity contribution in [1.82, 2.24) is 5.32 Å². The molecule has 0 radical (unpaired) electrons. The van der Waals surface area contributed by atoms with Gasteiger partial charge in [0, 0.05) is 12.1 Å². The van der Waals surface area contributed by atoms with E-state index in [1.165, 1.54) is 18.2 Å². The van der Waals surface area contributed by atoms with E-state index < -0.39 is 18.1 Å². The second kappa shape index (κ2) is 6.13. The summed E-state index contributed by atoms with van der Waals surface area (Å²) in [6, 6.07) is 3.74. The van der Waals surface area contributed by atoms with Crippen LogP contribution in [0.4, 0.5) is 13.2 Å². The first-order valence-electron chi connectivity index (χ1n) is 7.12. The summed E-state index contributed by atoms with van der Waals surface area (Å²) in [6.45, 7) is 1.73. The molecule has 3 unspecified atom stereocenters. The summed E-state index contributed by atoms with van der Waals surface area (Å²) < 4.78 is 38.4. The van der Waals surface area contributed by atoms with Gasteiger partial charge >= 0.3 is 6.18 Å². The molecule has 1 aliphatic carbocycles. The van der Waals surface area contributed by atoms with Gasteiger partial charge in [0.1, 0.15) is 11.5 Å². The summed E-state index contributed by atoms with van der Waals surface area (Å²) in [7, 11) is 0. The highest BCUT2D eigenvalue weighted by Gasteiger charge is 2.42. The van der Waals surface area contributed by atoms with Gasteiger partial charge in [0.25, 0.3) is 0 Å². The number of phenols is 2. The molecule has 1 aromatic carbocycles. The molecule has 21 heavy (non-hydrogen) atoms. The third-order valence-corrected chi connectivity index (χ3v) is 4.12. The molecule has 1 fully saturated rings. The molecule has 3 nitrogen and oxygen atoms in total. The van der Waals surface area contributed by atoms with Crippen molar-refractivity contribution in [2.24, 2.45) is 5.92 Å². The fourth-order valence-electron chi connectivity index (χ4n) is 3.06. The van der Waals surface area contributed by atoms with Gasteiger partial charge in [-0.15, -0.1) is 0 Å². The molecule has 0 saturated heterocycles. The lowest BCUT2D eigenvalue weighted by Gasteiger charge is -2.33. The number of phenolic OH excluding ortho intramolecular Hbond substituents is 2. The average molecular weight is 303 g/mol. The van der Waals surface area contributed by atoms with Crippen molar-refractivity contribution < 1.29 is 23.4 Å². The van der Waals surface area contributed by atoms with Crippen LogP contribution < -0.4 is 5.32 Å². The van der Waals surface area contributed by atoms with Crippen LogP contribution in [0.5, 0.6) is 11.5 Å². The van der Waals surface area contributed by atoms with Crippen molar-refractivity contribution in [1.29, 1.82) is 0 Å². The first kappa shape index (κ1) is 15.9. The first-order chi connectivity index (χ1) is 9.79. The molecule has 0 bridgehead atoms. The Kier molecular flexibility index (Phi) is 4.66. The van der Waals surface area contributed by atoms with Crippen LogP contribution in [0.2, 0.25) is 0 Å². The van der Waals surface area contributed by atoms with Gasteiger partial charge in [-0.05, 0) is 38.3 Å².